The molecule has 0 spiro atoms. The Labute approximate surface area is 461 Å². The van der Waals surface area contributed by atoms with Gasteiger partial charge in [-0.15, -0.1) is 0 Å². The lowest BCUT2D eigenvalue weighted by Crippen LogP contribution is -2.47. The van der Waals surface area contributed by atoms with Gasteiger partial charge in [0.15, 0.2) is 0 Å². The molecule has 0 aromatic rings. The number of ether oxygens (including phenoxy) is 1. The van der Waals surface area contributed by atoms with Crippen molar-refractivity contribution in [1.82, 2.24) is 5.32 Å². The predicted octanol–water partition coefficient (Wildman–Crippen LogP) is 17.9. The van der Waals surface area contributed by atoms with Crippen LogP contribution in [0.2, 0.25) is 0 Å². The minimum absolute atomic E-state index is 0.0384. The smallest absolute Gasteiger partial charge is 0.306 e. The molecule has 0 aliphatic carbocycles. The maximum absolute atomic E-state index is 13.5. The van der Waals surface area contributed by atoms with Crippen LogP contribution in [0.15, 0.2) is 109 Å². The molecule has 0 rings (SSSR count). The fraction of sp³-hybridized carbons (Fsp3) is 0.692. The predicted molar refractivity (Wildman–Crippen MR) is 320 cm³/mol. The number of hydrogen-bond acceptors (Lipinski definition) is 7. The van der Waals surface area contributed by atoms with E-state index in [4.69, 9.17) is 13.8 Å². The Hall–Kier alpha value is -3.33. The maximum atomic E-state index is 13.5. The van der Waals surface area contributed by atoms with Gasteiger partial charge in [0.05, 0.1) is 33.8 Å². The molecule has 1 amide bonds. The van der Waals surface area contributed by atoms with Crippen LogP contribution in [0.5, 0.6) is 0 Å². The van der Waals surface area contributed by atoms with Gasteiger partial charge >= 0.3 is 5.97 Å². The zero-order valence-corrected chi connectivity index (χ0v) is 49.9. The van der Waals surface area contributed by atoms with E-state index in [2.05, 4.69) is 117 Å². The summed E-state index contributed by atoms with van der Waals surface area (Å²) in [5.41, 5.74) is 0. The number of nitrogens with one attached hydrogen (secondary N) is 1. The first-order valence-electron chi connectivity index (χ1n) is 30.2. The van der Waals surface area contributed by atoms with Crippen LogP contribution in [0.3, 0.4) is 0 Å². The first kappa shape index (κ1) is 71.7. The molecule has 0 saturated heterocycles. The van der Waals surface area contributed by atoms with Crippen molar-refractivity contribution in [3.8, 4) is 0 Å². The standard InChI is InChI=1S/C65H113N2O7P/c1-7-10-13-16-19-22-25-27-28-29-30-31-32-33-34-35-36-37-38-40-42-45-48-51-54-57-64(68)66-62(61-73-75(70,71)72-60-59-67(4,5)6)63(56-53-50-47-44-41-24-21-18-15-12-9-3)74-65(69)58-55-52-49-46-43-39-26-23-20-17-14-11-8-2/h10,13,19,22,27-28,30-31,33-34,36-37,39,43,49,52-53,56,62-63H,7-9,11-12,14-18,20-21,23-26,29,32,35,38,40-42,44-48,50-51,54-55,57-61H2,1-6H3,(H-,66,68,70,71)/b13-10-,22-19-,28-27-,31-30-,34-33-,37-36-,43-39-,52-49+,56-53-. The monoisotopic (exact) mass is 1060 g/mol. The summed E-state index contributed by atoms with van der Waals surface area (Å²) in [4.78, 5) is 39.8. The highest BCUT2D eigenvalue weighted by molar-refractivity contribution is 7.45. The molecule has 0 aromatic carbocycles. The van der Waals surface area contributed by atoms with E-state index in [1.165, 1.54) is 83.5 Å². The molecule has 0 heterocycles. The highest BCUT2D eigenvalue weighted by Gasteiger charge is 2.27. The molecule has 9 nitrogen and oxygen atoms in total. The summed E-state index contributed by atoms with van der Waals surface area (Å²) in [5.74, 6) is -0.644. The third kappa shape index (κ3) is 55.2. The second kappa shape index (κ2) is 54.0. The van der Waals surface area contributed by atoms with Gasteiger partial charge in [-0.1, -0.05) is 233 Å². The summed E-state index contributed by atoms with van der Waals surface area (Å²) in [7, 11) is 1.13. The van der Waals surface area contributed by atoms with E-state index in [0.29, 0.717) is 23.9 Å². The van der Waals surface area contributed by atoms with Crippen LogP contribution >= 0.6 is 7.82 Å². The molecule has 0 saturated carbocycles. The Kier molecular flexibility index (Phi) is 51.6. The minimum atomic E-state index is -4.72. The molecule has 10 heteroatoms. The fourth-order valence-electron chi connectivity index (χ4n) is 8.05. The SMILES string of the molecule is CC/C=C\C/C=C\C/C=C\C/C=C\C/C=C\C/C=C\CCCCCCCCC(=O)NC(COP(=O)([O-])OCC[N+](C)(C)C)C(/C=C\CCCCCCCCCCC)OC(=O)CC/C=C/C/C=C\CCCCCCCC. The molecule has 75 heavy (non-hydrogen) atoms. The van der Waals surface area contributed by atoms with Gasteiger partial charge in [-0.2, -0.15) is 0 Å². The number of carbonyl (C=O) groups is 2. The lowest BCUT2D eigenvalue weighted by Gasteiger charge is -2.30. The minimum Gasteiger partial charge on any atom is -0.756 e. The number of phosphoric ester groups is 1. The first-order valence-corrected chi connectivity index (χ1v) is 31.7. The molecule has 0 aliphatic heterocycles. The van der Waals surface area contributed by atoms with Crippen LogP contribution in [0.1, 0.15) is 239 Å². The second-order valence-corrected chi connectivity index (χ2v) is 22.5. The van der Waals surface area contributed by atoms with E-state index in [-0.39, 0.29) is 25.4 Å². The van der Waals surface area contributed by atoms with Crippen molar-refractivity contribution in [2.45, 2.75) is 251 Å². The highest BCUT2D eigenvalue weighted by Crippen LogP contribution is 2.38. The fourth-order valence-corrected chi connectivity index (χ4v) is 8.77. The summed E-state index contributed by atoms with van der Waals surface area (Å²) >= 11 is 0. The van der Waals surface area contributed by atoms with E-state index < -0.39 is 32.5 Å². The topological polar surface area (TPSA) is 114 Å². The van der Waals surface area contributed by atoms with Crippen LogP contribution in [0, 0.1) is 0 Å². The first-order chi connectivity index (χ1) is 36.4. The van der Waals surface area contributed by atoms with Gasteiger partial charge in [0.1, 0.15) is 19.3 Å². The second-order valence-electron chi connectivity index (χ2n) is 21.1. The number of esters is 1. The summed E-state index contributed by atoms with van der Waals surface area (Å²) in [5, 5.41) is 3.00. The number of rotatable bonds is 53. The quantitative estimate of drug-likeness (QED) is 0.0212. The molecular weight excluding hydrogens is 952 g/mol. The molecular formula is C65H113N2O7P. The van der Waals surface area contributed by atoms with Crippen molar-refractivity contribution in [1.29, 1.82) is 0 Å². The van der Waals surface area contributed by atoms with Crippen LogP contribution in [-0.4, -0.2) is 69.4 Å². The van der Waals surface area contributed by atoms with E-state index >= 15 is 0 Å². The molecule has 0 fully saturated rings. The van der Waals surface area contributed by atoms with Gasteiger partial charge in [-0.3, -0.25) is 14.2 Å². The zero-order chi connectivity index (χ0) is 55.0. The summed E-state index contributed by atoms with van der Waals surface area (Å²) in [6.45, 7) is 6.64. The van der Waals surface area contributed by atoms with Gasteiger partial charge in [0, 0.05) is 12.8 Å². The lowest BCUT2D eigenvalue weighted by molar-refractivity contribution is -0.870. The number of nitrogens with zero attached hydrogens (tertiary/aromatic N) is 1. The van der Waals surface area contributed by atoms with Crippen molar-refractivity contribution in [2.75, 3.05) is 40.9 Å². The number of carbonyl (C=O) groups excluding carboxylic acids is 2. The van der Waals surface area contributed by atoms with Crippen molar-refractivity contribution in [3.05, 3.63) is 109 Å². The third-order valence-electron chi connectivity index (χ3n) is 12.7. The Bertz CT molecular complexity index is 1650. The molecule has 1 N–H and O–H groups in total. The Morgan fingerprint density at radius 2 is 0.867 bits per heavy atom. The van der Waals surface area contributed by atoms with Gasteiger partial charge in [0.2, 0.25) is 5.91 Å². The molecule has 0 bridgehead atoms. The van der Waals surface area contributed by atoms with E-state index in [9.17, 15) is 19.0 Å². The highest BCUT2D eigenvalue weighted by atomic mass is 31.2. The average Bonchev–Trinajstić information content (AvgIpc) is 3.37. The number of amides is 1. The summed E-state index contributed by atoms with van der Waals surface area (Å²) in [6.07, 6.45) is 73.6. The number of phosphoric acid groups is 1. The Balaban J connectivity index is 5.25. The van der Waals surface area contributed by atoms with Gasteiger partial charge < -0.3 is 28.5 Å². The van der Waals surface area contributed by atoms with E-state index in [1.807, 2.05) is 33.3 Å². The van der Waals surface area contributed by atoms with Crippen molar-refractivity contribution in [3.63, 3.8) is 0 Å². The summed E-state index contributed by atoms with van der Waals surface area (Å²) in [6, 6.07) is -0.925. The Morgan fingerprint density at radius 1 is 0.480 bits per heavy atom. The van der Waals surface area contributed by atoms with Crippen molar-refractivity contribution in [2.24, 2.45) is 0 Å². The van der Waals surface area contributed by atoms with Crippen molar-refractivity contribution < 1.29 is 37.3 Å². The van der Waals surface area contributed by atoms with Gasteiger partial charge in [-0.05, 0) is 102 Å². The van der Waals surface area contributed by atoms with Crippen LogP contribution < -0.4 is 10.2 Å². The van der Waals surface area contributed by atoms with Crippen LogP contribution in [0.25, 0.3) is 0 Å². The number of unbranched alkanes of at least 4 members (excludes halogenated alkanes) is 21. The maximum Gasteiger partial charge on any atom is 0.306 e. The molecule has 0 radical (unpaired) electrons. The third-order valence-corrected chi connectivity index (χ3v) is 13.7. The van der Waals surface area contributed by atoms with Crippen molar-refractivity contribution >= 4 is 19.7 Å². The number of likely N-dealkylation sites (N-methyl/N-ethyl adjacent to an activating group) is 1. The van der Waals surface area contributed by atoms with Crippen LogP contribution in [0.4, 0.5) is 0 Å². The Morgan fingerprint density at radius 3 is 1.31 bits per heavy atom. The number of allylic oxidation sites excluding steroid dienone is 17. The molecule has 0 aliphatic rings. The average molecular weight is 1070 g/mol. The van der Waals surface area contributed by atoms with E-state index in [1.54, 1.807) is 6.08 Å². The normalized spacial score (nSPS) is 14.5. The van der Waals surface area contributed by atoms with Gasteiger partial charge in [-0.25, -0.2) is 0 Å². The zero-order valence-electron chi connectivity index (χ0n) is 49.0. The molecule has 0 aromatic heterocycles. The molecule has 3 atom stereocenters. The van der Waals surface area contributed by atoms with Crippen LogP contribution in [-0.2, 0) is 27.9 Å². The van der Waals surface area contributed by atoms with Gasteiger partial charge in [0.25, 0.3) is 7.82 Å². The molecule has 430 valence electrons. The van der Waals surface area contributed by atoms with E-state index in [0.717, 1.165) is 109 Å². The molecule has 3 unspecified atom stereocenters. The largest absolute Gasteiger partial charge is 0.756 e. The number of quaternary nitrogens is 1. The number of hydrogen-bond donors (Lipinski definition) is 1. The summed E-state index contributed by atoms with van der Waals surface area (Å²) < 4.78 is 30.2. The lowest BCUT2D eigenvalue weighted by atomic mass is 10.1.